The molecule has 28 heavy (non-hydrogen) atoms. The van der Waals surface area contributed by atoms with Crippen LogP contribution in [0.4, 0.5) is 0 Å². The topological polar surface area (TPSA) is 75.8 Å². The van der Waals surface area contributed by atoms with Crippen LogP contribution in [-0.4, -0.2) is 45.9 Å². The maximum Gasteiger partial charge on any atom is 0.191 e. The van der Waals surface area contributed by atoms with E-state index in [1.165, 1.54) is 6.42 Å². The van der Waals surface area contributed by atoms with Crippen molar-refractivity contribution in [1.29, 1.82) is 0 Å². The molecule has 1 aliphatic rings. The largest absolute Gasteiger partial charge is 0.378 e. The number of aromatic nitrogens is 3. The average molecular weight is 500 g/mol. The monoisotopic (exact) mass is 500 g/mol. The molecule has 2 atom stereocenters. The fourth-order valence-corrected chi connectivity index (χ4v) is 3.42. The van der Waals surface area contributed by atoms with Crippen LogP contribution in [0.1, 0.15) is 52.8 Å². The Hall–Kier alpha value is -1.42. The first-order valence-corrected chi connectivity index (χ1v) is 10.0. The first kappa shape index (κ1) is 22.9. The van der Waals surface area contributed by atoms with Crippen LogP contribution in [0.5, 0.6) is 0 Å². The van der Waals surface area contributed by atoms with Gasteiger partial charge in [0.25, 0.3) is 0 Å². The van der Waals surface area contributed by atoms with Crippen molar-refractivity contribution >= 4 is 35.6 Å². The standard InChI is InChI=1S/C20H32N6O.HI/c1-5-7-12-27-16-13-15(20(16,3)4)23-19(21-6-2)22-14-18-25-24-17-10-8-9-11-26(17)18;/h8-11,15-16H,5-7,12-14H2,1-4H3,(H2,21,22,23);1H. The van der Waals surface area contributed by atoms with Gasteiger partial charge in [0, 0.05) is 30.8 Å². The second kappa shape index (κ2) is 10.4. The molecule has 2 unspecified atom stereocenters. The summed E-state index contributed by atoms with van der Waals surface area (Å²) in [6.07, 6.45) is 5.58. The number of pyridine rings is 1. The number of hydrogen-bond donors (Lipinski definition) is 2. The molecular weight excluding hydrogens is 467 g/mol. The number of nitrogens with one attached hydrogen (secondary N) is 2. The lowest BCUT2D eigenvalue weighted by Crippen LogP contribution is -2.63. The Labute approximate surface area is 184 Å². The van der Waals surface area contributed by atoms with E-state index in [1.54, 1.807) is 0 Å². The van der Waals surface area contributed by atoms with Crippen molar-refractivity contribution in [3.05, 3.63) is 30.2 Å². The van der Waals surface area contributed by atoms with Crippen LogP contribution in [0.3, 0.4) is 0 Å². The lowest BCUT2D eigenvalue weighted by molar-refractivity contribution is -0.113. The third-order valence-corrected chi connectivity index (χ3v) is 5.41. The number of ether oxygens (including phenoxy) is 1. The zero-order valence-corrected chi connectivity index (χ0v) is 19.6. The SMILES string of the molecule is CCCCOC1CC(NC(=NCc2nnc3ccccn23)NCC)C1(C)C.I. The van der Waals surface area contributed by atoms with Gasteiger partial charge in [-0.1, -0.05) is 33.3 Å². The van der Waals surface area contributed by atoms with Gasteiger partial charge in [0.15, 0.2) is 17.4 Å². The lowest BCUT2D eigenvalue weighted by Gasteiger charge is -2.52. The van der Waals surface area contributed by atoms with Crippen molar-refractivity contribution in [3.8, 4) is 0 Å². The van der Waals surface area contributed by atoms with E-state index in [0.717, 1.165) is 43.4 Å². The van der Waals surface area contributed by atoms with Crippen LogP contribution < -0.4 is 10.6 Å². The molecule has 8 heteroatoms. The summed E-state index contributed by atoms with van der Waals surface area (Å²) in [5.41, 5.74) is 0.929. The summed E-state index contributed by atoms with van der Waals surface area (Å²) in [4.78, 5) is 4.72. The van der Waals surface area contributed by atoms with Crippen molar-refractivity contribution < 1.29 is 4.74 Å². The molecule has 1 saturated carbocycles. The van der Waals surface area contributed by atoms with Crippen molar-refractivity contribution in [1.82, 2.24) is 25.2 Å². The van der Waals surface area contributed by atoms with Crippen LogP contribution >= 0.6 is 24.0 Å². The Balaban J connectivity index is 0.00000280. The predicted molar refractivity (Wildman–Crippen MR) is 123 cm³/mol. The Morgan fingerprint density at radius 2 is 2.14 bits per heavy atom. The van der Waals surface area contributed by atoms with Gasteiger partial charge in [-0.05, 0) is 31.9 Å². The Morgan fingerprint density at radius 1 is 1.32 bits per heavy atom. The Morgan fingerprint density at radius 3 is 2.86 bits per heavy atom. The van der Waals surface area contributed by atoms with E-state index in [0.29, 0.717) is 18.7 Å². The molecule has 7 nitrogen and oxygen atoms in total. The van der Waals surface area contributed by atoms with Gasteiger partial charge in [-0.15, -0.1) is 34.2 Å². The molecule has 2 aromatic heterocycles. The molecule has 3 rings (SSSR count). The molecule has 2 aromatic rings. The third-order valence-electron chi connectivity index (χ3n) is 5.41. The number of nitrogens with zero attached hydrogens (tertiary/aromatic N) is 4. The third kappa shape index (κ3) is 5.14. The second-order valence-electron chi connectivity index (χ2n) is 7.71. The van der Waals surface area contributed by atoms with Gasteiger partial charge in [0.1, 0.15) is 6.54 Å². The molecule has 0 amide bonds. The molecule has 0 saturated heterocycles. The van der Waals surface area contributed by atoms with Gasteiger partial charge in [0.2, 0.25) is 0 Å². The molecule has 0 aromatic carbocycles. The minimum absolute atomic E-state index is 0. The first-order valence-electron chi connectivity index (χ1n) is 10.0. The van der Waals surface area contributed by atoms with E-state index in [9.17, 15) is 0 Å². The highest BCUT2D eigenvalue weighted by Crippen LogP contribution is 2.42. The Bertz CT molecular complexity index is 775. The van der Waals surface area contributed by atoms with Crippen molar-refractivity contribution in [3.63, 3.8) is 0 Å². The molecule has 1 aliphatic carbocycles. The second-order valence-corrected chi connectivity index (χ2v) is 7.71. The average Bonchev–Trinajstić information content (AvgIpc) is 3.08. The highest BCUT2D eigenvalue weighted by Gasteiger charge is 2.49. The van der Waals surface area contributed by atoms with Gasteiger partial charge in [0.05, 0.1) is 6.10 Å². The summed E-state index contributed by atoms with van der Waals surface area (Å²) in [6.45, 7) is 10.9. The number of guanidine groups is 1. The number of halogens is 1. The smallest absolute Gasteiger partial charge is 0.191 e. The van der Waals surface area contributed by atoms with Crippen LogP contribution in [0.2, 0.25) is 0 Å². The minimum atomic E-state index is 0. The molecule has 156 valence electrons. The zero-order chi connectivity index (χ0) is 19.3. The molecule has 0 spiro atoms. The highest BCUT2D eigenvalue weighted by atomic mass is 127. The molecule has 0 aliphatic heterocycles. The summed E-state index contributed by atoms with van der Waals surface area (Å²) in [5, 5.41) is 15.4. The normalized spacial score (nSPS) is 21.1. The van der Waals surface area contributed by atoms with Crippen molar-refractivity contribution in [2.45, 2.75) is 65.6 Å². The molecule has 1 fully saturated rings. The van der Waals surface area contributed by atoms with E-state index in [1.807, 2.05) is 28.8 Å². The maximum atomic E-state index is 6.05. The number of unbranched alkanes of at least 4 members (excludes halogenated alkanes) is 1. The summed E-state index contributed by atoms with van der Waals surface area (Å²) in [7, 11) is 0. The molecule has 0 radical (unpaired) electrons. The van der Waals surface area contributed by atoms with Gasteiger partial charge in [-0.2, -0.15) is 0 Å². The van der Waals surface area contributed by atoms with E-state index in [-0.39, 0.29) is 29.4 Å². The summed E-state index contributed by atoms with van der Waals surface area (Å²) in [5.74, 6) is 1.65. The molecule has 0 bridgehead atoms. The fourth-order valence-electron chi connectivity index (χ4n) is 3.42. The summed E-state index contributed by atoms with van der Waals surface area (Å²) in [6, 6.07) is 6.22. The van der Waals surface area contributed by atoms with E-state index >= 15 is 0 Å². The van der Waals surface area contributed by atoms with Crippen molar-refractivity contribution in [2.24, 2.45) is 10.4 Å². The number of hydrogen-bond acceptors (Lipinski definition) is 4. The van der Waals surface area contributed by atoms with Gasteiger partial charge in [-0.25, -0.2) is 4.99 Å². The number of fused-ring (bicyclic) bond motifs is 1. The van der Waals surface area contributed by atoms with Crippen LogP contribution in [-0.2, 0) is 11.3 Å². The van der Waals surface area contributed by atoms with Crippen LogP contribution in [0.15, 0.2) is 29.4 Å². The Kier molecular flexibility index (Phi) is 8.48. The van der Waals surface area contributed by atoms with Gasteiger partial charge in [-0.3, -0.25) is 4.40 Å². The zero-order valence-electron chi connectivity index (χ0n) is 17.3. The van der Waals surface area contributed by atoms with Crippen LogP contribution in [0.25, 0.3) is 5.65 Å². The highest BCUT2D eigenvalue weighted by molar-refractivity contribution is 14.0. The molecular formula is C20H33IN6O. The maximum absolute atomic E-state index is 6.05. The summed E-state index contributed by atoms with van der Waals surface area (Å²) < 4.78 is 8.02. The number of aliphatic imine (C=N–C) groups is 1. The van der Waals surface area contributed by atoms with Gasteiger partial charge < -0.3 is 15.4 Å². The van der Waals surface area contributed by atoms with Gasteiger partial charge >= 0.3 is 0 Å². The molecule has 2 N–H and O–H groups in total. The van der Waals surface area contributed by atoms with E-state index in [2.05, 4.69) is 48.5 Å². The van der Waals surface area contributed by atoms with E-state index < -0.39 is 0 Å². The summed E-state index contributed by atoms with van der Waals surface area (Å²) >= 11 is 0. The first-order chi connectivity index (χ1) is 13.1. The molecule has 2 heterocycles. The van der Waals surface area contributed by atoms with Crippen LogP contribution in [0, 0.1) is 5.41 Å². The number of rotatable bonds is 8. The quantitative estimate of drug-likeness (QED) is 0.252. The predicted octanol–water partition coefficient (Wildman–Crippen LogP) is 3.39. The lowest BCUT2D eigenvalue weighted by atomic mass is 9.64. The minimum Gasteiger partial charge on any atom is -0.378 e. The van der Waals surface area contributed by atoms with Crippen molar-refractivity contribution in [2.75, 3.05) is 13.2 Å². The fraction of sp³-hybridized carbons (Fsp3) is 0.650. The van der Waals surface area contributed by atoms with E-state index in [4.69, 9.17) is 9.73 Å².